The second kappa shape index (κ2) is 7.60. The molecule has 8 heteroatoms. The van der Waals surface area contributed by atoms with E-state index >= 15 is 0 Å². The van der Waals surface area contributed by atoms with Crippen molar-refractivity contribution in [3.05, 3.63) is 57.0 Å². The van der Waals surface area contributed by atoms with Crippen LogP contribution in [0.2, 0.25) is 0 Å². The number of nitrogens with one attached hydrogen (secondary N) is 2. The Hall–Kier alpha value is -3.13. The van der Waals surface area contributed by atoms with Crippen LogP contribution in [0.1, 0.15) is 36.3 Å². The number of ether oxygens (including phenoxy) is 2. The smallest absolute Gasteiger partial charge is 0.258 e. The maximum Gasteiger partial charge on any atom is 0.258 e. The van der Waals surface area contributed by atoms with E-state index in [9.17, 15) is 9.59 Å². The predicted molar refractivity (Wildman–Crippen MR) is 112 cm³/mol. The highest BCUT2D eigenvalue weighted by molar-refractivity contribution is 6.01. The number of para-hydroxylation sites is 1. The van der Waals surface area contributed by atoms with Gasteiger partial charge in [-0.2, -0.15) is 4.98 Å². The number of hydrogen-bond acceptors (Lipinski definition) is 7. The lowest BCUT2D eigenvalue weighted by Gasteiger charge is -2.34. The van der Waals surface area contributed by atoms with Crippen molar-refractivity contribution in [2.24, 2.45) is 0 Å². The van der Waals surface area contributed by atoms with Gasteiger partial charge in [-0.1, -0.05) is 18.2 Å². The van der Waals surface area contributed by atoms with Crippen molar-refractivity contribution in [1.82, 2.24) is 9.97 Å². The van der Waals surface area contributed by atoms with Crippen LogP contribution in [-0.2, 0) is 9.53 Å². The number of fused-ring (bicyclic) bond motifs is 1. The Balaban J connectivity index is 1.70. The highest BCUT2D eigenvalue weighted by Gasteiger charge is 2.39. The second-order valence-electron chi connectivity index (χ2n) is 7.72. The summed E-state index contributed by atoms with van der Waals surface area (Å²) in [6.07, 6.45) is 2.03. The molecule has 0 saturated carbocycles. The zero-order valence-corrected chi connectivity index (χ0v) is 16.9. The van der Waals surface area contributed by atoms with Crippen molar-refractivity contribution in [3.8, 4) is 5.75 Å². The zero-order valence-electron chi connectivity index (χ0n) is 16.9. The topological polar surface area (TPSA) is 96.5 Å². The second-order valence-corrected chi connectivity index (χ2v) is 7.72. The van der Waals surface area contributed by atoms with Crippen molar-refractivity contribution in [2.75, 3.05) is 43.6 Å². The van der Waals surface area contributed by atoms with Gasteiger partial charge in [-0.25, -0.2) is 0 Å². The van der Waals surface area contributed by atoms with Gasteiger partial charge in [0.25, 0.3) is 5.56 Å². The molecule has 2 N–H and O–H groups in total. The number of Topliss-reactive ketones (excluding diaryl/α,β-unsaturated/α-hetero) is 1. The first-order valence-corrected chi connectivity index (χ1v) is 10.3. The number of allylic oxidation sites excluding steroid dienone is 2. The lowest BCUT2D eigenvalue weighted by molar-refractivity contribution is -0.116. The Morgan fingerprint density at radius 2 is 1.97 bits per heavy atom. The zero-order chi connectivity index (χ0) is 20.7. The minimum absolute atomic E-state index is 0.0713. The van der Waals surface area contributed by atoms with Gasteiger partial charge in [0.1, 0.15) is 11.6 Å². The molecule has 0 amide bonds. The summed E-state index contributed by atoms with van der Waals surface area (Å²) >= 11 is 0. The molecule has 0 radical (unpaired) electrons. The number of ketones is 1. The molecule has 2 aromatic rings. The normalized spacial score (nSPS) is 21.0. The van der Waals surface area contributed by atoms with E-state index in [-0.39, 0.29) is 11.3 Å². The summed E-state index contributed by atoms with van der Waals surface area (Å²) in [4.78, 5) is 36.0. The summed E-state index contributed by atoms with van der Waals surface area (Å²) < 4.78 is 11.0. The third-order valence-corrected chi connectivity index (χ3v) is 6.01. The first-order valence-electron chi connectivity index (χ1n) is 10.3. The fourth-order valence-electron chi connectivity index (χ4n) is 4.59. The standard InChI is InChI=1S/C22H24N4O4/c1-29-16-8-3-2-5-13(16)17-18-14(6-4-7-15(18)27)23-20-19(17)21(28)25-22(24-20)26-9-11-30-12-10-26/h2-3,5,8,17H,4,6-7,9-12H2,1H3,(H2,23,24,25,28)/t17-/m0/s1. The third kappa shape index (κ3) is 3.08. The average molecular weight is 408 g/mol. The highest BCUT2D eigenvalue weighted by atomic mass is 16.5. The molecule has 156 valence electrons. The summed E-state index contributed by atoms with van der Waals surface area (Å²) in [5, 5.41) is 3.32. The summed E-state index contributed by atoms with van der Waals surface area (Å²) in [7, 11) is 1.60. The van der Waals surface area contributed by atoms with Gasteiger partial charge in [0.05, 0.1) is 31.8 Å². The van der Waals surface area contributed by atoms with E-state index in [2.05, 4.69) is 10.3 Å². The Kier molecular flexibility index (Phi) is 4.78. The van der Waals surface area contributed by atoms with Crippen molar-refractivity contribution in [2.45, 2.75) is 25.2 Å². The SMILES string of the molecule is COc1ccccc1[C@H]1C2=C(CCCC2=O)Nc2nc(N3CCOCC3)[nH]c(=O)c21. The molecule has 8 nitrogen and oxygen atoms in total. The van der Waals surface area contributed by atoms with Gasteiger partial charge in [-0.3, -0.25) is 14.6 Å². The van der Waals surface area contributed by atoms with Crippen LogP contribution in [-0.4, -0.2) is 49.2 Å². The van der Waals surface area contributed by atoms with Gasteiger partial charge in [0.2, 0.25) is 5.95 Å². The third-order valence-electron chi connectivity index (χ3n) is 6.01. The molecular formula is C22H24N4O4. The Bertz CT molecular complexity index is 1080. The molecule has 30 heavy (non-hydrogen) atoms. The fraction of sp³-hybridized carbons (Fsp3) is 0.409. The molecule has 2 aliphatic heterocycles. The largest absolute Gasteiger partial charge is 0.496 e. The Labute approximate surface area is 173 Å². The molecule has 1 saturated heterocycles. The van der Waals surface area contributed by atoms with E-state index in [1.165, 1.54) is 0 Å². The maximum absolute atomic E-state index is 13.3. The van der Waals surface area contributed by atoms with E-state index in [4.69, 9.17) is 14.5 Å². The average Bonchev–Trinajstić information content (AvgIpc) is 2.78. The van der Waals surface area contributed by atoms with Gasteiger partial charge in [0, 0.05) is 36.3 Å². The lowest BCUT2D eigenvalue weighted by Crippen LogP contribution is -2.40. The van der Waals surface area contributed by atoms with Crippen LogP contribution in [0.3, 0.4) is 0 Å². The Morgan fingerprint density at radius 3 is 2.77 bits per heavy atom. The number of carbonyl (C=O) groups excluding carboxylic acids is 1. The molecule has 0 unspecified atom stereocenters. The van der Waals surface area contributed by atoms with Crippen LogP contribution in [0.15, 0.2) is 40.3 Å². The number of rotatable bonds is 3. The van der Waals surface area contributed by atoms with Gasteiger partial charge >= 0.3 is 0 Å². The number of morpholine rings is 1. The van der Waals surface area contributed by atoms with Crippen LogP contribution in [0, 0.1) is 0 Å². The van der Waals surface area contributed by atoms with Crippen LogP contribution in [0.4, 0.5) is 11.8 Å². The molecule has 5 rings (SSSR count). The van der Waals surface area contributed by atoms with Crippen molar-refractivity contribution in [3.63, 3.8) is 0 Å². The van der Waals surface area contributed by atoms with Gasteiger partial charge in [-0.05, 0) is 18.9 Å². The number of aromatic amines is 1. The van der Waals surface area contributed by atoms with Crippen LogP contribution in [0.5, 0.6) is 5.75 Å². The van der Waals surface area contributed by atoms with Gasteiger partial charge in [0.15, 0.2) is 5.78 Å². The van der Waals surface area contributed by atoms with E-state index in [0.29, 0.717) is 61.4 Å². The number of carbonyl (C=O) groups is 1. The fourth-order valence-corrected chi connectivity index (χ4v) is 4.59. The van der Waals surface area contributed by atoms with Gasteiger partial charge < -0.3 is 19.7 Å². The summed E-state index contributed by atoms with van der Waals surface area (Å²) in [6, 6.07) is 7.55. The number of hydrogen-bond donors (Lipinski definition) is 2. The lowest BCUT2D eigenvalue weighted by atomic mass is 9.76. The molecule has 1 fully saturated rings. The van der Waals surface area contributed by atoms with Gasteiger partial charge in [-0.15, -0.1) is 0 Å². The molecular weight excluding hydrogens is 384 g/mol. The number of nitrogens with zero attached hydrogens (tertiary/aromatic N) is 2. The van der Waals surface area contributed by atoms with Crippen molar-refractivity contribution < 1.29 is 14.3 Å². The van der Waals surface area contributed by atoms with E-state index in [0.717, 1.165) is 24.1 Å². The molecule has 1 aromatic heterocycles. The molecule has 0 spiro atoms. The summed E-state index contributed by atoms with van der Waals surface area (Å²) in [5.41, 5.74) is 2.54. The minimum atomic E-state index is -0.504. The molecule has 3 heterocycles. The number of aromatic nitrogens is 2. The predicted octanol–water partition coefficient (Wildman–Crippen LogP) is 2.18. The van der Waals surface area contributed by atoms with Crippen LogP contribution >= 0.6 is 0 Å². The van der Waals surface area contributed by atoms with Crippen molar-refractivity contribution >= 4 is 17.5 Å². The quantitative estimate of drug-likeness (QED) is 0.804. The highest BCUT2D eigenvalue weighted by Crippen LogP contribution is 2.45. The molecule has 3 aliphatic rings. The molecule has 1 atom stereocenters. The first kappa shape index (κ1) is 18.9. The minimum Gasteiger partial charge on any atom is -0.496 e. The first-order chi connectivity index (χ1) is 14.7. The number of anilines is 2. The molecule has 0 bridgehead atoms. The van der Waals surface area contributed by atoms with E-state index < -0.39 is 5.92 Å². The monoisotopic (exact) mass is 408 g/mol. The number of benzene rings is 1. The van der Waals surface area contributed by atoms with Crippen molar-refractivity contribution in [1.29, 1.82) is 0 Å². The maximum atomic E-state index is 13.3. The molecule has 1 aliphatic carbocycles. The van der Waals surface area contributed by atoms with Crippen LogP contribution < -0.4 is 20.5 Å². The number of H-pyrrole nitrogens is 1. The summed E-state index contributed by atoms with van der Waals surface area (Å²) in [6.45, 7) is 2.54. The number of methoxy groups -OCH3 is 1. The van der Waals surface area contributed by atoms with Crippen LogP contribution in [0.25, 0.3) is 0 Å². The molecule has 1 aromatic carbocycles. The Morgan fingerprint density at radius 1 is 1.17 bits per heavy atom. The van der Waals surface area contributed by atoms with E-state index in [1.807, 2.05) is 29.2 Å². The summed E-state index contributed by atoms with van der Waals surface area (Å²) in [5.74, 6) is 1.26. The van der Waals surface area contributed by atoms with E-state index in [1.54, 1.807) is 7.11 Å².